The Morgan fingerprint density at radius 1 is 0.636 bits per heavy atom. The molecular formula is C48H74O5Si2. The van der Waals surface area contributed by atoms with E-state index in [1.165, 1.54) is 22.4 Å². The second-order valence-corrected chi connectivity index (χ2v) is 28.1. The van der Waals surface area contributed by atoms with Crippen molar-refractivity contribution >= 4 is 27.0 Å². The third kappa shape index (κ3) is 11.3. The molecule has 0 aromatic heterocycles. The van der Waals surface area contributed by atoms with Crippen LogP contribution in [0, 0.1) is 0 Å². The van der Waals surface area contributed by atoms with Crippen LogP contribution in [0.25, 0.3) is 0 Å². The Kier molecular flexibility index (Phi) is 16.4. The van der Waals surface area contributed by atoms with E-state index >= 15 is 0 Å². The quantitative estimate of drug-likeness (QED) is 0.0894. The number of ether oxygens (including phenoxy) is 3. The van der Waals surface area contributed by atoms with Gasteiger partial charge < -0.3 is 23.1 Å². The molecule has 2 saturated heterocycles. The summed E-state index contributed by atoms with van der Waals surface area (Å²) < 4.78 is 34.8. The third-order valence-electron chi connectivity index (χ3n) is 12.6. The summed E-state index contributed by atoms with van der Waals surface area (Å²) >= 11 is 0. The minimum absolute atomic E-state index is 0.0583. The van der Waals surface area contributed by atoms with E-state index < -0.39 is 16.6 Å². The van der Waals surface area contributed by atoms with Gasteiger partial charge in [-0.3, -0.25) is 0 Å². The van der Waals surface area contributed by atoms with E-state index in [2.05, 4.69) is 153 Å². The van der Waals surface area contributed by atoms with Gasteiger partial charge in [0.25, 0.3) is 8.32 Å². The van der Waals surface area contributed by atoms with Gasteiger partial charge in [0.05, 0.1) is 37.1 Å². The number of hydrogen-bond donors (Lipinski definition) is 0. The highest BCUT2D eigenvalue weighted by Gasteiger charge is 2.51. The van der Waals surface area contributed by atoms with Crippen molar-refractivity contribution in [3.63, 3.8) is 0 Å². The maximum absolute atomic E-state index is 7.55. The van der Waals surface area contributed by atoms with Crippen LogP contribution in [0.1, 0.15) is 126 Å². The van der Waals surface area contributed by atoms with Gasteiger partial charge in [0.15, 0.2) is 0 Å². The highest BCUT2D eigenvalue weighted by atomic mass is 28.4. The summed E-state index contributed by atoms with van der Waals surface area (Å²) in [5.41, 5.74) is 2.87. The van der Waals surface area contributed by atoms with Crippen molar-refractivity contribution in [2.24, 2.45) is 0 Å². The first kappa shape index (κ1) is 44.0. The van der Waals surface area contributed by atoms with Crippen molar-refractivity contribution in [2.45, 2.75) is 179 Å². The molecule has 2 aliphatic heterocycles. The zero-order valence-electron chi connectivity index (χ0n) is 35.8. The molecule has 0 amide bonds. The van der Waals surface area contributed by atoms with Gasteiger partial charge in [0.2, 0.25) is 8.32 Å². The highest BCUT2D eigenvalue weighted by molar-refractivity contribution is 6.99. The lowest BCUT2D eigenvalue weighted by Crippen LogP contribution is -2.66. The summed E-state index contributed by atoms with van der Waals surface area (Å²) in [5.74, 6) is 0. The SMILES string of the molecule is CC(C)[Si](O[C@H]1C[C@@H](CCO[Si](c2ccccc2)(c2ccccc2)C(C)(C)C)O[C@@H](C[C@@H]2CCC[C@H](CCCOCc3ccccc3)O2)C1)(C(C)C)C(C)C. The molecule has 0 aliphatic carbocycles. The van der Waals surface area contributed by atoms with Gasteiger partial charge in [-0.2, -0.15) is 0 Å². The van der Waals surface area contributed by atoms with Crippen molar-refractivity contribution in [1.29, 1.82) is 0 Å². The van der Waals surface area contributed by atoms with E-state index in [1.54, 1.807) is 0 Å². The predicted molar refractivity (Wildman–Crippen MR) is 234 cm³/mol. The van der Waals surface area contributed by atoms with E-state index in [1.807, 2.05) is 0 Å². The molecule has 2 aliphatic rings. The molecule has 0 spiro atoms. The van der Waals surface area contributed by atoms with E-state index in [-0.39, 0.29) is 29.5 Å². The fourth-order valence-electron chi connectivity index (χ4n) is 10.1. The Morgan fingerprint density at radius 3 is 1.73 bits per heavy atom. The third-order valence-corrected chi connectivity index (χ3v) is 23.8. The smallest absolute Gasteiger partial charge is 0.261 e. The van der Waals surface area contributed by atoms with Crippen LogP contribution in [0.5, 0.6) is 0 Å². The van der Waals surface area contributed by atoms with Crippen LogP contribution >= 0.6 is 0 Å². The maximum atomic E-state index is 7.55. The number of hydrogen-bond acceptors (Lipinski definition) is 5. The van der Waals surface area contributed by atoms with Crippen LogP contribution in [0.3, 0.4) is 0 Å². The van der Waals surface area contributed by atoms with E-state index in [4.69, 9.17) is 23.1 Å². The van der Waals surface area contributed by atoms with Crippen molar-refractivity contribution in [2.75, 3.05) is 13.2 Å². The molecule has 5 atom stereocenters. The van der Waals surface area contributed by atoms with Crippen molar-refractivity contribution < 1.29 is 23.1 Å². The molecule has 304 valence electrons. The fraction of sp³-hybridized carbons (Fsp3) is 0.625. The summed E-state index contributed by atoms with van der Waals surface area (Å²) in [6.45, 7) is 23.6. The van der Waals surface area contributed by atoms with Crippen LogP contribution in [0.15, 0.2) is 91.0 Å². The molecule has 5 rings (SSSR count). The van der Waals surface area contributed by atoms with Gasteiger partial charge in [-0.05, 0) is 95.4 Å². The van der Waals surface area contributed by atoms with Gasteiger partial charge in [0.1, 0.15) is 0 Å². The molecule has 2 heterocycles. The lowest BCUT2D eigenvalue weighted by molar-refractivity contribution is -0.131. The van der Waals surface area contributed by atoms with Gasteiger partial charge in [-0.15, -0.1) is 0 Å². The van der Waals surface area contributed by atoms with E-state index in [0.717, 1.165) is 58.0 Å². The molecule has 0 saturated carbocycles. The average Bonchev–Trinajstić information content (AvgIpc) is 3.16. The molecule has 3 aromatic carbocycles. The zero-order valence-corrected chi connectivity index (χ0v) is 37.8. The minimum atomic E-state index is -2.64. The summed E-state index contributed by atoms with van der Waals surface area (Å²) in [5, 5.41) is 2.59. The lowest BCUT2D eigenvalue weighted by atomic mass is 9.92. The van der Waals surface area contributed by atoms with E-state index in [0.29, 0.717) is 35.9 Å². The van der Waals surface area contributed by atoms with Gasteiger partial charge in [0, 0.05) is 13.2 Å². The van der Waals surface area contributed by atoms with Crippen LogP contribution in [0.4, 0.5) is 0 Å². The van der Waals surface area contributed by atoms with Crippen LogP contribution in [-0.4, -0.2) is 60.4 Å². The molecule has 0 unspecified atom stereocenters. The Labute approximate surface area is 337 Å². The first-order chi connectivity index (χ1) is 26.3. The van der Waals surface area contributed by atoms with Gasteiger partial charge in [-0.25, -0.2) is 0 Å². The van der Waals surface area contributed by atoms with Crippen molar-refractivity contribution in [1.82, 2.24) is 0 Å². The normalized spacial score (nSPS) is 22.8. The topological polar surface area (TPSA) is 46.2 Å². The van der Waals surface area contributed by atoms with Gasteiger partial charge >= 0.3 is 0 Å². The Bertz CT molecular complexity index is 1450. The molecule has 0 radical (unpaired) electrons. The summed E-state index contributed by atoms with van der Waals surface area (Å²) in [4.78, 5) is 0. The van der Waals surface area contributed by atoms with Crippen molar-refractivity contribution in [3.8, 4) is 0 Å². The number of benzene rings is 3. The molecular weight excluding hydrogens is 713 g/mol. The standard InChI is InChI=1S/C48H74O5Si2/c1-37(2)54(38(3)4,39(5)6)53-45-34-43(30-32-50-55(48(7,8)9,46-26-15-11-16-27-46)47-28-17-12-18-29-47)52-44(35-45)33-42-24-19-23-41(51-42)25-20-31-49-36-40-21-13-10-14-22-40/h10-18,21-22,26-29,37-39,41-45H,19-20,23-25,30-36H2,1-9H3/t41-,42+,43-,44+,45+/m1/s1. The number of rotatable bonds is 19. The second kappa shape index (κ2) is 20.5. The van der Waals surface area contributed by atoms with Crippen molar-refractivity contribution in [3.05, 3.63) is 96.6 Å². The zero-order chi connectivity index (χ0) is 39.5. The van der Waals surface area contributed by atoms with Gasteiger partial charge in [-0.1, -0.05) is 153 Å². The first-order valence-electron chi connectivity index (χ1n) is 21.7. The Hall–Kier alpha value is -2.11. The summed E-state index contributed by atoms with van der Waals surface area (Å²) in [6.07, 6.45) is 10.1. The van der Waals surface area contributed by atoms with Crippen LogP contribution in [0.2, 0.25) is 21.7 Å². The predicted octanol–water partition coefficient (Wildman–Crippen LogP) is 11.4. The molecule has 2 fully saturated rings. The molecule has 55 heavy (non-hydrogen) atoms. The fourth-order valence-corrected chi connectivity index (χ4v) is 20.3. The summed E-state index contributed by atoms with van der Waals surface area (Å²) in [6, 6.07) is 32.5. The van der Waals surface area contributed by atoms with Crippen LogP contribution < -0.4 is 10.4 Å². The molecule has 5 nitrogen and oxygen atoms in total. The molecule has 0 N–H and O–H groups in total. The molecule has 0 bridgehead atoms. The highest BCUT2D eigenvalue weighted by Crippen LogP contribution is 2.45. The van der Waals surface area contributed by atoms with Crippen LogP contribution in [-0.2, 0) is 29.7 Å². The molecule has 7 heteroatoms. The minimum Gasteiger partial charge on any atom is -0.413 e. The monoisotopic (exact) mass is 787 g/mol. The maximum Gasteiger partial charge on any atom is 0.261 e. The Balaban J connectivity index is 1.28. The Morgan fingerprint density at radius 2 is 1.16 bits per heavy atom. The summed E-state index contributed by atoms with van der Waals surface area (Å²) in [7, 11) is -4.71. The average molecular weight is 787 g/mol. The molecule has 3 aromatic rings. The largest absolute Gasteiger partial charge is 0.413 e. The van der Waals surface area contributed by atoms with E-state index in [9.17, 15) is 0 Å². The lowest BCUT2D eigenvalue weighted by Gasteiger charge is -2.48. The second-order valence-electron chi connectivity index (χ2n) is 18.4. The first-order valence-corrected chi connectivity index (χ1v) is 25.7.